The highest BCUT2D eigenvalue weighted by Gasteiger charge is 2.20. The number of halogens is 2. The lowest BCUT2D eigenvalue weighted by atomic mass is 10.1. The van der Waals surface area contributed by atoms with Crippen LogP contribution in [0.15, 0.2) is 30.5 Å². The van der Waals surface area contributed by atoms with E-state index in [2.05, 4.69) is 15.0 Å². The fraction of sp³-hybridized carbons (Fsp3) is 0.312. The molecule has 4 nitrogen and oxygen atoms in total. The summed E-state index contributed by atoms with van der Waals surface area (Å²) in [6, 6.07) is 7.59. The third-order valence-corrected chi connectivity index (χ3v) is 5.17. The standard InChI is InChI=1S/C16H14ClFN4S/c17-13-5-4-12-15(20-13)21-16(23-12)10-3-6-14(19-8-10)22-7-1-2-11(18)9-22/h3-6,8,11H,1-2,7,9H2/t11-/m0/s1. The summed E-state index contributed by atoms with van der Waals surface area (Å²) < 4.78 is 14.5. The van der Waals surface area contributed by atoms with E-state index < -0.39 is 6.17 Å². The van der Waals surface area contributed by atoms with Gasteiger partial charge in [0.05, 0.1) is 11.2 Å². The van der Waals surface area contributed by atoms with Gasteiger partial charge in [-0.05, 0) is 37.1 Å². The average molecular weight is 349 g/mol. The molecule has 3 aromatic rings. The maximum absolute atomic E-state index is 13.5. The van der Waals surface area contributed by atoms with Gasteiger partial charge in [0.15, 0.2) is 5.65 Å². The van der Waals surface area contributed by atoms with E-state index in [1.54, 1.807) is 23.6 Å². The van der Waals surface area contributed by atoms with E-state index in [1.165, 1.54) is 0 Å². The summed E-state index contributed by atoms with van der Waals surface area (Å²) in [6.45, 7) is 1.28. The summed E-state index contributed by atoms with van der Waals surface area (Å²) in [7, 11) is 0. The van der Waals surface area contributed by atoms with Gasteiger partial charge in [0.2, 0.25) is 0 Å². The molecule has 3 aromatic heterocycles. The largest absolute Gasteiger partial charge is 0.354 e. The van der Waals surface area contributed by atoms with Gasteiger partial charge in [0.1, 0.15) is 22.2 Å². The number of pyridine rings is 2. The van der Waals surface area contributed by atoms with Crippen LogP contribution in [0.5, 0.6) is 0 Å². The average Bonchev–Trinajstić information content (AvgIpc) is 2.98. The molecule has 1 aliphatic heterocycles. The lowest BCUT2D eigenvalue weighted by Crippen LogP contribution is -2.36. The fourth-order valence-electron chi connectivity index (χ4n) is 2.75. The Kier molecular flexibility index (Phi) is 3.87. The number of fused-ring (bicyclic) bond motifs is 1. The molecule has 118 valence electrons. The fourth-order valence-corrected chi connectivity index (χ4v) is 3.79. The van der Waals surface area contributed by atoms with Gasteiger partial charge in [-0.1, -0.05) is 11.6 Å². The van der Waals surface area contributed by atoms with Crippen molar-refractivity contribution in [3.63, 3.8) is 0 Å². The number of hydrogen-bond donors (Lipinski definition) is 0. The Morgan fingerprint density at radius 1 is 1.22 bits per heavy atom. The quantitative estimate of drug-likeness (QED) is 0.646. The van der Waals surface area contributed by atoms with Crippen LogP contribution in [-0.4, -0.2) is 34.2 Å². The Hall–Kier alpha value is -1.79. The Balaban J connectivity index is 1.61. The molecule has 0 unspecified atom stereocenters. The topological polar surface area (TPSA) is 41.9 Å². The minimum Gasteiger partial charge on any atom is -0.354 e. The molecule has 1 saturated heterocycles. The second kappa shape index (κ2) is 6.02. The maximum atomic E-state index is 13.5. The molecule has 0 saturated carbocycles. The molecule has 4 rings (SSSR count). The van der Waals surface area contributed by atoms with Gasteiger partial charge in [-0.2, -0.15) is 0 Å². The van der Waals surface area contributed by atoms with E-state index in [4.69, 9.17) is 11.6 Å². The van der Waals surface area contributed by atoms with Crippen LogP contribution in [0.3, 0.4) is 0 Å². The lowest BCUT2D eigenvalue weighted by molar-refractivity contribution is 0.286. The first kappa shape index (κ1) is 14.8. The molecule has 0 aromatic carbocycles. The SMILES string of the molecule is F[C@H]1CCCN(c2ccc(-c3nc4nc(Cl)ccc4s3)cn2)C1. The predicted molar refractivity (Wildman–Crippen MR) is 92.0 cm³/mol. The molecular weight excluding hydrogens is 335 g/mol. The van der Waals surface area contributed by atoms with Crippen LogP contribution in [0.2, 0.25) is 5.15 Å². The van der Waals surface area contributed by atoms with Crippen molar-refractivity contribution in [2.75, 3.05) is 18.0 Å². The number of alkyl halides is 1. The summed E-state index contributed by atoms with van der Waals surface area (Å²) in [6.07, 6.45) is 2.55. The number of thiazole rings is 1. The number of nitrogens with zero attached hydrogens (tertiary/aromatic N) is 4. The first-order valence-corrected chi connectivity index (χ1v) is 8.67. The van der Waals surface area contributed by atoms with Gasteiger partial charge >= 0.3 is 0 Å². The molecule has 0 spiro atoms. The molecule has 4 heterocycles. The van der Waals surface area contributed by atoms with E-state index in [-0.39, 0.29) is 0 Å². The molecule has 1 aliphatic rings. The van der Waals surface area contributed by atoms with Crippen molar-refractivity contribution in [3.8, 4) is 10.6 Å². The molecule has 23 heavy (non-hydrogen) atoms. The zero-order valence-electron chi connectivity index (χ0n) is 12.2. The number of hydrogen-bond acceptors (Lipinski definition) is 5. The molecule has 7 heteroatoms. The first-order valence-electron chi connectivity index (χ1n) is 7.47. The monoisotopic (exact) mass is 348 g/mol. The van der Waals surface area contributed by atoms with Crippen LogP contribution in [0.25, 0.3) is 20.9 Å². The highest BCUT2D eigenvalue weighted by atomic mass is 35.5. The molecule has 1 atom stereocenters. The first-order chi connectivity index (χ1) is 11.2. The van der Waals surface area contributed by atoms with Crippen molar-refractivity contribution in [1.29, 1.82) is 0 Å². The van der Waals surface area contributed by atoms with Gasteiger partial charge in [-0.25, -0.2) is 19.3 Å². The summed E-state index contributed by atoms with van der Waals surface area (Å²) in [5.74, 6) is 0.818. The minimum absolute atomic E-state index is 0.426. The Morgan fingerprint density at radius 2 is 2.13 bits per heavy atom. The Labute approximate surface area is 142 Å². The predicted octanol–water partition coefficient (Wildman–Crippen LogP) is 4.35. The lowest BCUT2D eigenvalue weighted by Gasteiger charge is -2.29. The van der Waals surface area contributed by atoms with Crippen LogP contribution in [-0.2, 0) is 0 Å². The zero-order chi connectivity index (χ0) is 15.8. The van der Waals surface area contributed by atoms with Crippen LogP contribution in [0, 0.1) is 0 Å². The molecule has 0 bridgehead atoms. The summed E-state index contributed by atoms with van der Waals surface area (Å²) >= 11 is 7.45. The van der Waals surface area contributed by atoms with Crippen molar-refractivity contribution in [1.82, 2.24) is 15.0 Å². The minimum atomic E-state index is -0.759. The van der Waals surface area contributed by atoms with Crippen LogP contribution < -0.4 is 4.90 Å². The van der Waals surface area contributed by atoms with Crippen LogP contribution in [0.4, 0.5) is 10.2 Å². The smallest absolute Gasteiger partial charge is 0.172 e. The van der Waals surface area contributed by atoms with Gasteiger partial charge in [0.25, 0.3) is 0 Å². The molecule has 0 aliphatic carbocycles. The molecular formula is C16H14ClFN4S. The van der Waals surface area contributed by atoms with Crippen molar-refractivity contribution in [2.24, 2.45) is 0 Å². The third-order valence-electron chi connectivity index (χ3n) is 3.90. The van der Waals surface area contributed by atoms with E-state index in [0.717, 1.165) is 34.1 Å². The zero-order valence-corrected chi connectivity index (χ0v) is 13.8. The maximum Gasteiger partial charge on any atom is 0.172 e. The molecule has 0 radical (unpaired) electrons. The number of anilines is 1. The molecule has 1 fully saturated rings. The molecule has 0 N–H and O–H groups in total. The van der Waals surface area contributed by atoms with Crippen LogP contribution >= 0.6 is 22.9 Å². The number of piperidine rings is 1. The van der Waals surface area contributed by atoms with E-state index >= 15 is 0 Å². The third kappa shape index (κ3) is 3.01. The second-order valence-electron chi connectivity index (χ2n) is 5.57. The van der Waals surface area contributed by atoms with Crippen molar-refractivity contribution >= 4 is 39.1 Å². The Morgan fingerprint density at radius 3 is 2.91 bits per heavy atom. The van der Waals surface area contributed by atoms with Crippen molar-refractivity contribution in [3.05, 3.63) is 35.6 Å². The van der Waals surface area contributed by atoms with Crippen molar-refractivity contribution in [2.45, 2.75) is 19.0 Å². The van der Waals surface area contributed by atoms with Gasteiger partial charge in [0, 0.05) is 18.3 Å². The number of aromatic nitrogens is 3. The van der Waals surface area contributed by atoms with Gasteiger partial charge < -0.3 is 4.90 Å². The Bertz CT molecular complexity index is 836. The summed E-state index contributed by atoms with van der Waals surface area (Å²) in [5, 5.41) is 1.30. The van der Waals surface area contributed by atoms with Gasteiger partial charge in [-0.3, -0.25) is 0 Å². The van der Waals surface area contributed by atoms with E-state index in [1.807, 2.05) is 23.1 Å². The number of rotatable bonds is 2. The van der Waals surface area contributed by atoms with E-state index in [9.17, 15) is 4.39 Å². The van der Waals surface area contributed by atoms with Crippen LogP contribution in [0.1, 0.15) is 12.8 Å². The molecule has 0 amide bonds. The highest BCUT2D eigenvalue weighted by Crippen LogP contribution is 2.30. The van der Waals surface area contributed by atoms with Gasteiger partial charge in [-0.15, -0.1) is 11.3 Å². The van der Waals surface area contributed by atoms with Crippen molar-refractivity contribution < 1.29 is 4.39 Å². The highest BCUT2D eigenvalue weighted by molar-refractivity contribution is 7.21. The second-order valence-corrected chi connectivity index (χ2v) is 6.98. The normalized spacial score (nSPS) is 18.5. The summed E-state index contributed by atoms with van der Waals surface area (Å²) in [5.41, 5.74) is 1.58. The van der Waals surface area contributed by atoms with E-state index in [0.29, 0.717) is 23.8 Å². The summed E-state index contributed by atoms with van der Waals surface area (Å²) in [4.78, 5) is 15.2.